The molecule has 0 radical (unpaired) electrons. The van der Waals surface area contributed by atoms with E-state index in [0.29, 0.717) is 17.1 Å². The normalized spacial score (nSPS) is 11.6. The SMILES string of the molecule is COc1ccc(C(C)NC(=O)c2cccnc2)c(OC)c1. The van der Waals surface area contributed by atoms with Gasteiger partial charge in [-0.3, -0.25) is 9.78 Å². The Balaban J connectivity index is 2.17. The first kappa shape index (κ1) is 14.8. The number of hydrogen-bond donors (Lipinski definition) is 1. The van der Waals surface area contributed by atoms with Crippen LogP contribution in [0.3, 0.4) is 0 Å². The highest BCUT2D eigenvalue weighted by molar-refractivity contribution is 5.94. The lowest BCUT2D eigenvalue weighted by Crippen LogP contribution is -2.27. The zero-order valence-corrected chi connectivity index (χ0v) is 12.3. The van der Waals surface area contributed by atoms with Crippen LogP contribution >= 0.6 is 0 Å². The van der Waals surface area contributed by atoms with Gasteiger partial charge in [0.15, 0.2) is 0 Å². The van der Waals surface area contributed by atoms with Crippen LogP contribution in [0.25, 0.3) is 0 Å². The van der Waals surface area contributed by atoms with Crippen LogP contribution in [0.5, 0.6) is 11.5 Å². The molecule has 1 aromatic heterocycles. The largest absolute Gasteiger partial charge is 0.497 e. The van der Waals surface area contributed by atoms with Gasteiger partial charge >= 0.3 is 0 Å². The molecule has 1 N–H and O–H groups in total. The second-order valence-electron chi connectivity index (χ2n) is 4.54. The van der Waals surface area contributed by atoms with Gasteiger partial charge in [-0.1, -0.05) is 0 Å². The predicted molar refractivity (Wildman–Crippen MR) is 79.7 cm³/mol. The Kier molecular flexibility index (Phi) is 4.77. The number of nitrogens with zero attached hydrogens (tertiary/aromatic N) is 1. The lowest BCUT2D eigenvalue weighted by atomic mass is 10.1. The van der Waals surface area contributed by atoms with Crippen molar-refractivity contribution in [3.05, 3.63) is 53.9 Å². The van der Waals surface area contributed by atoms with E-state index in [9.17, 15) is 4.79 Å². The number of pyridine rings is 1. The summed E-state index contributed by atoms with van der Waals surface area (Å²) in [5.74, 6) is 1.21. The van der Waals surface area contributed by atoms with Gasteiger partial charge in [-0.05, 0) is 31.2 Å². The Hall–Kier alpha value is -2.56. The lowest BCUT2D eigenvalue weighted by molar-refractivity contribution is 0.0939. The number of ether oxygens (including phenoxy) is 2. The van der Waals surface area contributed by atoms with E-state index in [1.54, 1.807) is 38.6 Å². The first-order chi connectivity index (χ1) is 10.2. The molecule has 2 aromatic rings. The summed E-state index contributed by atoms with van der Waals surface area (Å²) >= 11 is 0. The van der Waals surface area contributed by atoms with Gasteiger partial charge < -0.3 is 14.8 Å². The van der Waals surface area contributed by atoms with Gasteiger partial charge in [0.25, 0.3) is 5.91 Å². The van der Waals surface area contributed by atoms with E-state index < -0.39 is 0 Å². The standard InChI is InChI=1S/C16H18N2O3/c1-11(18-16(19)12-5-4-8-17-10-12)14-7-6-13(20-2)9-15(14)21-3/h4-11H,1-3H3,(H,18,19). The van der Waals surface area contributed by atoms with Crippen molar-refractivity contribution in [2.45, 2.75) is 13.0 Å². The molecule has 0 saturated carbocycles. The summed E-state index contributed by atoms with van der Waals surface area (Å²) in [5.41, 5.74) is 1.41. The predicted octanol–water partition coefficient (Wildman–Crippen LogP) is 2.59. The molecule has 1 heterocycles. The molecule has 1 atom stereocenters. The number of carbonyl (C=O) groups excluding carboxylic acids is 1. The second kappa shape index (κ2) is 6.74. The number of hydrogen-bond acceptors (Lipinski definition) is 4. The van der Waals surface area contributed by atoms with Crippen LogP contribution < -0.4 is 14.8 Å². The molecular formula is C16H18N2O3. The molecule has 1 unspecified atom stereocenters. The van der Waals surface area contributed by atoms with Gasteiger partial charge in [0.1, 0.15) is 11.5 Å². The van der Waals surface area contributed by atoms with E-state index in [1.165, 1.54) is 6.20 Å². The van der Waals surface area contributed by atoms with Crippen LogP contribution in [0.15, 0.2) is 42.7 Å². The third-order valence-electron chi connectivity index (χ3n) is 3.18. The minimum absolute atomic E-state index is 0.173. The molecule has 1 aromatic carbocycles. The van der Waals surface area contributed by atoms with Crippen molar-refractivity contribution in [2.75, 3.05) is 14.2 Å². The monoisotopic (exact) mass is 286 g/mol. The quantitative estimate of drug-likeness (QED) is 0.917. The van der Waals surface area contributed by atoms with Crippen LogP contribution in [0, 0.1) is 0 Å². The van der Waals surface area contributed by atoms with Crippen molar-refractivity contribution in [1.82, 2.24) is 10.3 Å². The first-order valence-electron chi connectivity index (χ1n) is 6.58. The molecule has 21 heavy (non-hydrogen) atoms. The summed E-state index contributed by atoms with van der Waals surface area (Å²) in [4.78, 5) is 16.1. The Bertz CT molecular complexity index is 614. The summed E-state index contributed by atoms with van der Waals surface area (Å²) < 4.78 is 10.5. The van der Waals surface area contributed by atoms with Crippen molar-refractivity contribution in [1.29, 1.82) is 0 Å². The maximum absolute atomic E-state index is 12.1. The smallest absolute Gasteiger partial charge is 0.253 e. The van der Waals surface area contributed by atoms with E-state index in [-0.39, 0.29) is 11.9 Å². The van der Waals surface area contributed by atoms with Crippen LogP contribution in [0.2, 0.25) is 0 Å². The van der Waals surface area contributed by atoms with Crippen LogP contribution in [0.1, 0.15) is 28.9 Å². The lowest BCUT2D eigenvalue weighted by Gasteiger charge is -2.18. The Morgan fingerprint density at radius 2 is 2.05 bits per heavy atom. The molecule has 0 saturated heterocycles. The van der Waals surface area contributed by atoms with Gasteiger partial charge in [-0.25, -0.2) is 0 Å². The number of amides is 1. The number of rotatable bonds is 5. The molecular weight excluding hydrogens is 268 g/mol. The third kappa shape index (κ3) is 3.51. The summed E-state index contributed by atoms with van der Waals surface area (Å²) in [6.07, 6.45) is 3.17. The summed E-state index contributed by atoms with van der Waals surface area (Å²) in [5, 5.41) is 2.92. The minimum atomic E-state index is -0.196. The van der Waals surface area contributed by atoms with E-state index in [4.69, 9.17) is 9.47 Å². The summed E-state index contributed by atoms with van der Waals surface area (Å²) in [7, 11) is 3.19. The minimum Gasteiger partial charge on any atom is -0.497 e. The molecule has 5 nitrogen and oxygen atoms in total. The molecule has 0 aliphatic heterocycles. The molecule has 0 bridgehead atoms. The molecule has 2 rings (SSSR count). The Morgan fingerprint density at radius 1 is 1.24 bits per heavy atom. The summed E-state index contributed by atoms with van der Waals surface area (Å²) in [6, 6.07) is 8.77. The van der Waals surface area contributed by atoms with Crippen molar-refractivity contribution >= 4 is 5.91 Å². The van der Waals surface area contributed by atoms with E-state index in [0.717, 1.165) is 5.56 Å². The van der Waals surface area contributed by atoms with E-state index >= 15 is 0 Å². The van der Waals surface area contributed by atoms with Crippen LogP contribution in [-0.2, 0) is 0 Å². The van der Waals surface area contributed by atoms with Gasteiger partial charge in [-0.15, -0.1) is 0 Å². The van der Waals surface area contributed by atoms with Crippen molar-refractivity contribution in [3.8, 4) is 11.5 Å². The highest BCUT2D eigenvalue weighted by Gasteiger charge is 2.15. The average molecular weight is 286 g/mol. The Morgan fingerprint density at radius 3 is 2.67 bits per heavy atom. The third-order valence-corrected chi connectivity index (χ3v) is 3.18. The van der Waals surface area contributed by atoms with Crippen LogP contribution in [-0.4, -0.2) is 25.1 Å². The molecule has 1 amide bonds. The number of nitrogens with one attached hydrogen (secondary N) is 1. The number of benzene rings is 1. The second-order valence-corrected chi connectivity index (χ2v) is 4.54. The van der Waals surface area contributed by atoms with Gasteiger partial charge in [0.2, 0.25) is 0 Å². The first-order valence-corrected chi connectivity index (χ1v) is 6.58. The van der Waals surface area contributed by atoms with Gasteiger partial charge in [0.05, 0.1) is 25.8 Å². The van der Waals surface area contributed by atoms with E-state index in [1.807, 2.05) is 19.1 Å². The zero-order chi connectivity index (χ0) is 15.2. The maximum Gasteiger partial charge on any atom is 0.253 e. The number of carbonyl (C=O) groups is 1. The van der Waals surface area contributed by atoms with Crippen molar-refractivity contribution < 1.29 is 14.3 Å². The molecule has 0 spiro atoms. The molecule has 5 heteroatoms. The highest BCUT2D eigenvalue weighted by atomic mass is 16.5. The van der Waals surface area contributed by atoms with Gasteiger partial charge in [-0.2, -0.15) is 0 Å². The zero-order valence-electron chi connectivity index (χ0n) is 12.3. The fraction of sp³-hybridized carbons (Fsp3) is 0.250. The molecule has 0 aliphatic carbocycles. The van der Waals surface area contributed by atoms with Crippen molar-refractivity contribution in [2.24, 2.45) is 0 Å². The maximum atomic E-state index is 12.1. The molecule has 0 fully saturated rings. The fourth-order valence-electron chi connectivity index (χ4n) is 2.03. The van der Waals surface area contributed by atoms with Crippen LogP contribution in [0.4, 0.5) is 0 Å². The summed E-state index contributed by atoms with van der Waals surface area (Å²) in [6.45, 7) is 1.90. The molecule has 110 valence electrons. The number of methoxy groups -OCH3 is 2. The number of aromatic nitrogens is 1. The van der Waals surface area contributed by atoms with E-state index in [2.05, 4.69) is 10.3 Å². The van der Waals surface area contributed by atoms with Crippen molar-refractivity contribution in [3.63, 3.8) is 0 Å². The molecule has 0 aliphatic rings. The highest BCUT2D eigenvalue weighted by Crippen LogP contribution is 2.29. The van der Waals surface area contributed by atoms with Gasteiger partial charge in [0, 0.05) is 24.0 Å². The Labute approximate surface area is 123 Å². The topological polar surface area (TPSA) is 60.5 Å². The average Bonchev–Trinajstić information content (AvgIpc) is 2.54. The fourth-order valence-corrected chi connectivity index (χ4v) is 2.03.